The molecule has 4 heteroatoms. The van der Waals surface area contributed by atoms with Crippen LogP contribution in [0.1, 0.15) is 25.8 Å². The van der Waals surface area contributed by atoms with Crippen molar-refractivity contribution in [3.05, 3.63) is 33.3 Å². The minimum Gasteiger partial charge on any atom is -0.393 e. The Morgan fingerprint density at radius 3 is 2.69 bits per heavy atom. The molecule has 0 saturated heterocycles. The van der Waals surface area contributed by atoms with Crippen molar-refractivity contribution < 1.29 is 5.11 Å². The first-order chi connectivity index (χ1) is 7.49. The molecule has 90 valence electrons. The zero-order chi connectivity index (χ0) is 12.1. The summed E-state index contributed by atoms with van der Waals surface area (Å²) in [6, 6.07) is 6.20. The normalized spacial score (nSPS) is 14.8. The van der Waals surface area contributed by atoms with Gasteiger partial charge in [0.25, 0.3) is 0 Å². The number of halogens is 2. The zero-order valence-electron chi connectivity index (χ0n) is 9.50. The smallest absolute Gasteiger partial charge is 0.0551 e. The van der Waals surface area contributed by atoms with E-state index in [1.165, 1.54) is 0 Å². The largest absolute Gasteiger partial charge is 0.393 e. The van der Waals surface area contributed by atoms with Crippen molar-refractivity contribution in [2.45, 2.75) is 39.0 Å². The molecule has 0 aliphatic carbocycles. The van der Waals surface area contributed by atoms with E-state index in [1.54, 1.807) is 6.92 Å². The van der Waals surface area contributed by atoms with Crippen molar-refractivity contribution in [3.63, 3.8) is 0 Å². The highest BCUT2D eigenvalue weighted by Gasteiger charge is 2.06. The van der Waals surface area contributed by atoms with Gasteiger partial charge in [-0.05, 0) is 53.9 Å². The maximum atomic E-state index is 9.23. The van der Waals surface area contributed by atoms with Gasteiger partial charge >= 0.3 is 0 Å². The van der Waals surface area contributed by atoms with E-state index in [0.717, 1.165) is 28.0 Å². The summed E-state index contributed by atoms with van der Waals surface area (Å²) in [6.45, 7) is 4.63. The molecular formula is C12H17BrClNO. The number of benzene rings is 1. The van der Waals surface area contributed by atoms with Crippen molar-refractivity contribution in [2.75, 3.05) is 0 Å². The van der Waals surface area contributed by atoms with Gasteiger partial charge in [0.1, 0.15) is 0 Å². The lowest BCUT2D eigenvalue weighted by Crippen LogP contribution is -2.28. The summed E-state index contributed by atoms with van der Waals surface area (Å²) in [7, 11) is 0. The van der Waals surface area contributed by atoms with Crippen LogP contribution in [0.4, 0.5) is 0 Å². The molecule has 1 aromatic carbocycles. The molecule has 1 rings (SSSR count). The average Bonchev–Trinajstić information content (AvgIpc) is 2.19. The van der Waals surface area contributed by atoms with Gasteiger partial charge in [-0.1, -0.05) is 17.7 Å². The third-order valence-electron chi connectivity index (χ3n) is 2.33. The summed E-state index contributed by atoms with van der Waals surface area (Å²) in [5.41, 5.74) is 1.14. The summed E-state index contributed by atoms with van der Waals surface area (Å²) in [6.07, 6.45) is 0.487. The minimum absolute atomic E-state index is 0.268. The predicted molar refractivity (Wildman–Crippen MR) is 71.8 cm³/mol. The maximum absolute atomic E-state index is 9.23. The van der Waals surface area contributed by atoms with Gasteiger partial charge in [0.2, 0.25) is 0 Å². The monoisotopic (exact) mass is 305 g/mol. The summed E-state index contributed by atoms with van der Waals surface area (Å²) in [4.78, 5) is 0. The van der Waals surface area contributed by atoms with Crippen LogP contribution in [0.2, 0.25) is 5.02 Å². The van der Waals surface area contributed by atoms with E-state index in [-0.39, 0.29) is 6.10 Å². The van der Waals surface area contributed by atoms with E-state index in [2.05, 4.69) is 28.2 Å². The zero-order valence-corrected chi connectivity index (χ0v) is 11.8. The number of aliphatic hydroxyl groups excluding tert-OH is 1. The third-order valence-corrected chi connectivity index (χ3v) is 3.57. The van der Waals surface area contributed by atoms with Crippen LogP contribution in [0.3, 0.4) is 0 Å². The Morgan fingerprint density at radius 1 is 1.44 bits per heavy atom. The standard InChI is InChI=1S/C12H17BrClNO/c1-8(5-9(2)16)15-7-10-3-4-11(13)12(14)6-10/h3-4,6,8-9,15-16H,5,7H2,1-2H3. The molecule has 0 radical (unpaired) electrons. The number of nitrogens with one attached hydrogen (secondary N) is 1. The van der Waals surface area contributed by atoms with Crippen molar-refractivity contribution in [1.29, 1.82) is 0 Å². The Labute approximate surface area is 110 Å². The molecule has 0 bridgehead atoms. The van der Waals surface area contributed by atoms with Gasteiger partial charge in [0.05, 0.1) is 11.1 Å². The Morgan fingerprint density at radius 2 is 2.12 bits per heavy atom. The Hall–Kier alpha value is -0.0900. The van der Waals surface area contributed by atoms with Gasteiger partial charge in [-0.3, -0.25) is 0 Å². The summed E-state index contributed by atoms with van der Waals surface area (Å²) in [5.74, 6) is 0. The van der Waals surface area contributed by atoms with Gasteiger partial charge < -0.3 is 10.4 Å². The lowest BCUT2D eigenvalue weighted by Gasteiger charge is -2.15. The molecule has 0 aliphatic rings. The SMILES string of the molecule is CC(O)CC(C)NCc1ccc(Br)c(Cl)c1. The molecule has 0 aromatic heterocycles. The molecule has 2 unspecified atom stereocenters. The van der Waals surface area contributed by atoms with Crippen LogP contribution >= 0.6 is 27.5 Å². The van der Waals surface area contributed by atoms with Gasteiger partial charge in [-0.15, -0.1) is 0 Å². The fourth-order valence-electron chi connectivity index (χ4n) is 1.54. The summed E-state index contributed by atoms with van der Waals surface area (Å²) in [5, 5.41) is 13.3. The van der Waals surface area contributed by atoms with Gasteiger partial charge in [-0.2, -0.15) is 0 Å². The van der Waals surface area contributed by atoms with Crippen molar-refractivity contribution in [3.8, 4) is 0 Å². The predicted octanol–water partition coefficient (Wildman–Crippen LogP) is 3.35. The van der Waals surface area contributed by atoms with Gasteiger partial charge in [-0.25, -0.2) is 0 Å². The second-order valence-electron chi connectivity index (χ2n) is 4.12. The lowest BCUT2D eigenvalue weighted by molar-refractivity contribution is 0.170. The molecule has 0 fully saturated rings. The number of aliphatic hydroxyl groups is 1. The van der Waals surface area contributed by atoms with E-state index in [4.69, 9.17) is 11.6 Å². The van der Waals surface area contributed by atoms with Crippen molar-refractivity contribution >= 4 is 27.5 Å². The second-order valence-corrected chi connectivity index (χ2v) is 5.38. The summed E-state index contributed by atoms with van der Waals surface area (Å²) >= 11 is 9.36. The first-order valence-corrected chi connectivity index (χ1v) is 6.51. The second kappa shape index (κ2) is 6.60. The molecule has 0 spiro atoms. The topological polar surface area (TPSA) is 32.3 Å². The molecule has 0 heterocycles. The Bertz CT molecular complexity index is 344. The van der Waals surface area contributed by atoms with Gasteiger partial charge in [0.15, 0.2) is 0 Å². The quantitative estimate of drug-likeness (QED) is 0.874. The number of rotatable bonds is 5. The van der Waals surface area contributed by atoms with E-state index in [9.17, 15) is 5.11 Å². The molecule has 1 aromatic rings. The van der Waals surface area contributed by atoms with Crippen molar-refractivity contribution in [2.24, 2.45) is 0 Å². The van der Waals surface area contributed by atoms with Crippen LogP contribution in [-0.2, 0) is 6.54 Å². The van der Waals surface area contributed by atoms with Crippen LogP contribution in [0.15, 0.2) is 22.7 Å². The molecule has 0 amide bonds. The number of hydrogen-bond acceptors (Lipinski definition) is 2. The Balaban J connectivity index is 2.45. The fourth-order valence-corrected chi connectivity index (χ4v) is 1.99. The van der Waals surface area contributed by atoms with Crippen molar-refractivity contribution in [1.82, 2.24) is 5.32 Å². The maximum Gasteiger partial charge on any atom is 0.0551 e. The first-order valence-electron chi connectivity index (χ1n) is 5.34. The fraction of sp³-hybridized carbons (Fsp3) is 0.500. The number of hydrogen-bond donors (Lipinski definition) is 2. The van der Waals surface area contributed by atoms with E-state index >= 15 is 0 Å². The Kier molecular flexibility index (Phi) is 5.76. The van der Waals surface area contributed by atoms with E-state index in [0.29, 0.717) is 6.04 Å². The highest BCUT2D eigenvalue weighted by atomic mass is 79.9. The highest BCUT2D eigenvalue weighted by molar-refractivity contribution is 9.10. The van der Waals surface area contributed by atoms with Crippen LogP contribution in [0.5, 0.6) is 0 Å². The molecule has 2 N–H and O–H groups in total. The minimum atomic E-state index is -0.268. The van der Waals surface area contributed by atoms with E-state index in [1.807, 2.05) is 18.2 Å². The molecule has 0 aliphatic heterocycles. The van der Waals surface area contributed by atoms with Crippen LogP contribution in [-0.4, -0.2) is 17.3 Å². The molecular weight excluding hydrogens is 289 g/mol. The van der Waals surface area contributed by atoms with Gasteiger partial charge in [0, 0.05) is 17.1 Å². The third kappa shape index (κ3) is 4.83. The highest BCUT2D eigenvalue weighted by Crippen LogP contribution is 2.23. The first kappa shape index (κ1) is 14.0. The molecule has 0 saturated carbocycles. The molecule has 2 nitrogen and oxygen atoms in total. The summed E-state index contributed by atoms with van der Waals surface area (Å²) < 4.78 is 0.912. The van der Waals surface area contributed by atoms with E-state index < -0.39 is 0 Å². The van der Waals surface area contributed by atoms with Crippen LogP contribution in [0.25, 0.3) is 0 Å². The van der Waals surface area contributed by atoms with Crippen LogP contribution < -0.4 is 5.32 Å². The molecule has 16 heavy (non-hydrogen) atoms. The average molecular weight is 307 g/mol. The lowest BCUT2D eigenvalue weighted by atomic mass is 10.1. The molecule has 2 atom stereocenters. The van der Waals surface area contributed by atoms with Crippen LogP contribution in [0, 0.1) is 0 Å².